The van der Waals surface area contributed by atoms with Gasteiger partial charge in [-0.15, -0.1) is 0 Å². The predicted molar refractivity (Wildman–Crippen MR) is 88.7 cm³/mol. The zero-order valence-corrected chi connectivity index (χ0v) is 14.7. The third kappa shape index (κ3) is 3.05. The normalized spacial score (nSPS) is 25.4. The maximum absolute atomic E-state index is 12.8. The first kappa shape index (κ1) is 17.0. The molecule has 2 saturated heterocycles. The first-order valence-electron chi connectivity index (χ1n) is 8.67. The van der Waals surface area contributed by atoms with Gasteiger partial charge in [-0.3, -0.25) is 14.3 Å². The minimum absolute atomic E-state index is 0.00907. The third-order valence-electron chi connectivity index (χ3n) is 4.89. The molecular weight excluding hydrogens is 308 g/mol. The van der Waals surface area contributed by atoms with Gasteiger partial charge in [-0.2, -0.15) is 5.10 Å². The van der Waals surface area contributed by atoms with Crippen molar-refractivity contribution < 1.29 is 14.3 Å². The lowest BCUT2D eigenvalue weighted by atomic mass is 9.94. The molecule has 0 N–H and O–H groups in total. The SMILES string of the molecule is CC(C)n1ccc(C(=O)N2CCOC3(CCCCN(C)C3=O)C2)n1. The van der Waals surface area contributed by atoms with Gasteiger partial charge in [0.25, 0.3) is 11.8 Å². The van der Waals surface area contributed by atoms with E-state index < -0.39 is 5.60 Å². The Labute approximate surface area is 142 Å². The lowest BCUT2D eigenvalue weighted by Crippen LogP contribution is -2.60. The molecule has 0 aliphatic carbocycles. The number of likely N-dealkylation sites (tertiary alicyclic amines) is 1. The predicted octanol–water partition coefficient (Wildman–Crippen LogP) is 1.32. The highest BCUT2D eigenvalue weighted by atomic mass is 16.5. The summed E-state index contributed by atoms with van der Waals surface area (Å²) in [6.07, 6.45) is 4.39. The van der Waals surface area contributed by atoms with E-state index in [0.717, 1.165) is 19.4 Å². The molecule has 3 rings (SSSR count). The number of hydrogen-bond donors (Lipinski definition) is 0. The number of carbonyl (C=O) groups is 2. The summed E-state index contributed by atoms with van der Waals surface area (Å²) in [6.45, 7) is 5.97. The Balaban J connectivity index is 1.79. The van der Waals surface area contributed by atoms with Crippen LogP contribution in [0, 0.1) is 0 Å². The number of rotatable bonds is 2. The zero-order chi connectivity index (χ0) is 17.3. The van der Waals surface area contributed by atoms with Crippen molar-refractivity contribution in [1.82, 2.24) is 19.6 Å². The van der Waals surface area contributed by atoms with Gasteiger partial charge in [0.1, 0.15) is 5.69 Å². The summed E-state index contributed by atoms with van der Waals surface area (Å²) in [4.78, 5) is 29.0. The molecule has 3 heterocycles. The maximum atomic E-state index is 12.8. The van der Waals surface area contributed by atoms with Gasteiger partial charge in [-0.1, -0.05) is 0 Å². The van der Waals surface area contributed by atoms with Crippen LogP contribution in [0.3, 0.4) is 0 Å². The van der Waals surface area contributed by atoms with Crippen molar-refractivity contribution in [2.45, 2.75) is 44.8 Å². The first-order chi connectivity index (χ1) is 11.4. The van der Waals surface area contributed by atoms with Gasteiger partial charge in [-0.25, -0.2) is 0 Å². The van der Waals surface area contributed by atoms with Crippen LogP contribution in [0.25, 0.3) is 0 Å². The second kappa shape index (κ2) is 6.55. The van der Waals surface area contributed by atoms with Crippen molar-refractivity contribution >= 4 is 11.8 Å². The fourth-order valence-electron chi connectivity index (χ4n) is 3.46. The summed E-state index contributed by atoms with van der Waals surface area (Å²) in [5.74, 6) is -0.137. The number of nitrogens with zero attached hydrogens (tertiary/aromatic N) is 4. The average molecular weight is 334 g/mol. The van der Waals surface area contributed by atoms with E-state index in [2.05, 4.69) is 5.10 Å². The molecule has 1 aromatic heterocycles. The molecule has 2 aliphatic heterocycles. The average Bonchev–Trinajstić information content (AvgIpc) is 3.03. The van der Waals surface area contributed by atoms with Crippen LogP contribution in [0.1, 0.15) is 49.6 Å². The van der Waals surface area contributed by atoms with Gasteiger partial charge in [0.15, 0.2) is 5.60 Å². The molecule has 24 heavy (non-hydrogen) atoms. The highest BCUT2D eigenvalue weighted by molar-refractivity contribution is 5.93. The quantitative estimate of drug-likeness (QED) is 0.818. The Morgan fingerprint density at radius 2 is 2.12 bits per heavy atom. The minimum Gasteiger partial charge on any atom is -0.361 e. The Morgan fingerprint density at radius 3 is 2.83 bits per heavy atom. The zero-order valence-electron chi connectivity index (χ0n) is 14.7. The summed E-state index contributed by atoms with van der Waals surface area (Å²) in [5.41, 5.74) is -0.463. The fraction of sp³-hybridized carbons (Fsp3) is 0.706. The fourth-order valence-corrected chi connectivity index (χ4v) is 3.46. The van der Waals surface area contributed by atoms with Gasteiger partial charge in [0.05, 0.1) is 13.2 Å². The van der Waals surface area contributed by atoms with Crippen molar-refractivity contribution in [2.24, 2.45) is 0 Å². The second-order valence-electron chi connectivity index (χ2n) is 7.03. The lowest BCUT2D eigenvalue weighted by molar-refractivity contribution is -0.166. The van der Waals surface area contributed by atoms with Crippen LogP contribution < -0.4 is 0 Å². The molecule has 1 atom stereocenters. The number of carbonyl (C=O) groups excluding carboxylic acids is 2. The molecule has 2 aliphatic rings. The molecular formula is C17H26N4O3. The molecule has 7 nitrogen and oxygen atoms in total. The number of morpholine rings is 1. The van der Waals surface area contributed by atoms with E-state index in [1.54, 1.807) is 20.5 Å². The number of likely N-dealkylation sites (N-methyl/N-ethyl adjacent to an activating group) is 1. The van der Waals surface area contributed by atoms with E-state index in [4.69, 9.17) is 4.74 Å². The summed E-state index contributed by atoms with van der Waals surface area (Å²) in [7, 11) is 1.81. The van der Waals surface area contributed by atoms with E-state index in [9.17, 15) is 9.59 Å². The largest absolute Gasteiger partial charge is 0.361 e. The van der Waals surface area contributed by atoms with Gasteiger partial charge in [-0.05, 0) is 39.2 Å². The smallest absolute Gasteiger partial charge is 0.274 e. The van der Waals surface area contributed by atoms with Gasteiger partial charge in [0.2, 0.25) is 0 Å². The van der Waals surface area contributed by atoms with Crippen LogP contribution in [0.15, 0.2) is 12.3 Å². The molecule has 0 radical (unpaired) electrons. The first-order valence-corrected chi connectivity index (χ1v) is 8.67. The number of aromatic nitrogens is 2. The van der Waals surface area contributed by atoms with Crippen molar-refractivity contribution in [3.63, 3.8) is 0 Å². The molecule has 2 fully saturated rings. The molecule has 1 spiro atoms. The maximum Gasteiger partial charge on any atom is 0.274 e. The standard InChI is InChI=1S/C17H26N4O3/c1-13(2)21-9-6-14(18-21)15(22)20-10-11-24-17(12-20)7-4-5-8-19(3)16(17)23/h6,9,13H,4-5,7-8,10-12H2,1-3H3. The Kier molecular flexibility index (Phi) is 4.62. The van der Waals surface area contributed by atoms with E-state index >= 15 is 0 Å². The van der Waals surface area contributed by atoms with Crippen LogP contribution in [0.5, 0.6) is 0 Å². The van der Waals surface area contributed by atoms with Gasteiger partial charge in [0, 0.05) is 32.4 Å². The molecule has 0 bridgehead atoms. The van der Waals surface area contributed by atoms with Crippen molar-refractivity contribution in [1.29, 1.82) is 0 Å². The van der Waals surface area contributed by atoms with Gasteiger partial charge < -0.3 is 14.5 Å². The van der Waals surface area contributed by atoms with Crippen LogP contribution in [-0.2, 0) is 9.53 Å². The topological polar surface area (TPSA) is 67.7 Å². The molecule has 132 valence electrons. The van der Waals surface area contributed by atoms with Crippen molar-refractivity contribution in [3.8, 4) is 0 Å². The second-order valence-corrected chi connectivity index (χ2v) is 7.03. The molecule has 0 aromatic carbocycles. The van der Waals surface area contributed by atoms with Crippen LogP contribution in [0.2, 0.25) is 0 Å². The highest BCUT2D eigenvalue weighted by Crippen LogP contribution is 2.29. The summed E-state index contributed by atoms with van der Waals surface area (Å²) < 4.78 is 7.69. The number of amides is 2. The lowest BCUT2D eigenvalue weighted by Gasteiger charge is -2.42. The Hall–Kier alpha value is -1.89. The van der Waals surface area contributed by atoms with Crippen molar-refractivity contribution in [3.05, 3.63) is 18.0 Å². The summed E-state index contributed by atoms with van der Waals surface area (Å²) >= 11 is 0. The summed E-state index contributed by atoms with van der Waals surface area (Å²) in [5, 5.41) is 4.36. The van der Waals surface area contributed by atoms with Crippen LogP contribution in [0.4, 0.5) is 0 Å². The highest BCUT2D eigenvalue weighted by Gasteiger charge is 2.47. The molecule has 2 amide bonds. The van der Waals surface area contributed by atoms with Crippen LogP contribution in [-0.4, -0.2) is 70.3 Å². The molecule has 1 unspecified atom stereocenters. The third-order valence-corrected chi connectivity index (χ3v) is 4.89. The summed E-state index contributed by atoms with van der Waals surface area (Å²) in [6, 6.07) is 1.95. The molecule has 0 saturated carbocycles. The van der Waals surface area contributed by atoms with E-state index in [1.165, 1.54) is 0 Å². The van der Waals surface area contributed by atoms with Crippen molar-refractivity contribution in [2.75, 3.05) is 33.3 Å². The number of ether oxygens (including phenoxy) is 1. The monoisotopic (exact) mass is 334 g/mol. The van der Waals surface area contributed by atoms with E-state index in [-0.39, 0.29) is 17.9 Å². The van der Waals surface area contributed by atoms with Gasteiger partial charge >= 0.3 is 0 Å². The van der Waals surface area contributed by atoms with Crippen LogP contribution >= 0.6 is 0 Å². The molecule has 1 aromatic rings. The van der Waals surface area contributed by atoms with E-state index in [0.29, 0.717) is 31.8 Å². The molecule has 7 heteroatoms. The Morgan fingerprint density at radius 1 is 1.33 bits per heavy atom. The number of hydrogen-bond acceptors (Lipinski definition) is 4. The minimum atomic E-state index is -0.889. The van der Waals surface area contributed by atoms with E-state index in [1.807, 2.05) is 27.1 Å². The Bertz CT molecular complexity index is 627.